The van der Waals surface area contributed by atoms with Crippen molar-refractivity contribution in [1.82, 2.24) is 15.3 Å². The average Bonchev–Trinajstić information content (AvgIpc) is 2.81. The molecule has 0 amide bonds. The molecule has 2 aliphatic heterocycles. The second-order valence-corrected chi connectivity index (χ2v) is 5.09. The van der Waals surface area contributed by atoms with Crippen molar-refractivity contribution in [3.05, 3.63) is 6.07 Å². The minimum atomic E-state index is 0.333. The van der Waals surface area contributed by atoms with E-state index in [2.05, 4.69) is 25.5 Å². The first-order valence-electron chi connectivity index (χ1n) is 6.57. The lowest BCUT2D eigenvalue weighted by molar-refractivity contribution is 0.340. The van der Waals surface area contributed by atoms with Gasteiger partial charge in [0.15, 0.2) is 0 Å². The van der Waals surface area contributed by atoms with Gasteiger partial charge in [-0.1, -0.05) is 0 Å². The van der Waals surface area contributed by atoms with E-state index in [9.17, 15) is 0 Å². The van der Waals surface area contributed by atoms with Gasteiger partial charge in [0.2, 0.25) is 5.95 Å². The average molecular weight is 248 g/mol. The lowest BCUT2D eigenvalue weighted by Crippen LogP contribution is -2.40. The maximum atomic E-state index is 5.74. The van der Waals surface area contributed by atoms with Crippen LogP contribution in [0, 0.1) is 5.92 Å². The summed E-state index contributed by atoms with van der Waals surface area (Å²) < 4.78 is 0. The van der Waals surface area contributed by atoms with Crippen molar-refractivity contribution in [2.24, 2.45) is 5.92 Å². The normalized spacial score (nSPS) is 27.1. The smallest absolute Gasteiger partial charge is 0.223 e. The van der Waals surface area contributed by atoms with Gasteiger partial charge >= 0.3 is 0 Å². The standard InChI is InChI=1S/C12H20N6/c1-14-10-5-11(17-12(13)16-10)18-6-8-3-2-4-15-9(8)7-18/h5,8-9,15H,2-4,6-7H2,1H3,(H3,13,14,16,17). The van der Waals surface area contributed by atoms with Crippen LogP contribution >= 0.6 is 0 Å². The van der Waals surface area contributed by atoms with Crippen LogP contribution < -0.4 is 21.3 Å². The Hall–Kier alpha value is -1.56. The Morgan fingerprint density at radius 3 is 3.11 bits per heavy atom. The summed E-state index contributed by atoms with van der Waals surface area (Å²) in [6.45, 7) is 3.23. The highest BCUT2D eigenvalue weighted by molar-refractivity contribution is 5.53. The molecular weight excluding hydrogens is 228 g/mol. The molecule has 1 aromatic rings. The molecule has 6 heteroatoms. The number of nitrogens with zero attached hydrogens (tertiary/aromatic N) is 3. The third-order valence-corrected chi connectivity index (χ3v) is 3.91. The fourth-order valence-electron chi connectivity index (χ4n) is 2.98. The van der Waals surface area contributed by atoms with Gasteiger partial charge in [-0.05, 0) is 25.3 Å². The van der Waals surface area contributed by atoms with Crippen molar-refractivity contribution in [3.63, 3.8) is 0 Å². The summed E-state index contributed by atoms with van der Waals surface area (Å²) in [6, 6.07) is 2.57. The van der Waals surface area contributed by atoms with Crippen molar-refractivity contribution < 1.29 is 0 Å². The molecule has 0 bridgehead atoms. The van der Waals surface area contributed by atoms with Crippen molar-refractivity contribution in [3.8, 4) is 0 Å². The summed E-state index contributed by atoms with van der Waals surface area (Å²) in [4.78, 5) is 10.8. The largest absolute Gasteiger partial charge is 0.373 e. The highest BCUT2D eigenvalue weighted by atomic mass is 15.3. The number of nitrogen functional groups attached to an aromatic ring is 1. The number of aromatic nitrogens is 2. The van der Waals surface area contributed by atoms with Crippen molar-refractivity contribution in [2.75, 3.05) is 42.6 Å². The summed E-state index contributed by atoms with van der Waals surface area (Å²) in [6.07, 6.45) is 2.59. The molecule has 3 rings (SSSR count). The zero-order valence-corrected chi connectivity index (χ0v) is 10.7. The maximum absolute atomic E-state index is 5.74. The van der Waals surface area contributed by atoms with Crippen LogP contribution in [0.25, 0.3) is 0 Å². The van der Waals surface area contributed by atoms with Crippen LogP contribution in [0.3, 0.4) is 0 Å². The number of nitrogens with two attached hydrogens (primary N) is 1. The van der Waals surface area contributed by atoms with Crippen molar-refractivity contribution in [2.45, 2.75) is 18.9 Å². The van der Waals surface area contributed by atoms with Crippen LogP contribution in [0.4, 0.5) is 17.6 Å². The molecule has 2 fully saturated rings. The first-order valence-corrected chi connectivity index (χ1v) is 6.57. The topological polar surface area (TPSA) is 79.1 Å². The fourth-order valence-corrected chi connectivity index (χ4v) is 2.98. The van der Waals surface area contributed by atoms with E-state index in [1.165, 1.54) is 12.8 Å². The van der Waals surface area contributed by atoms with Gasteiger partial charge in [-0.25, -0.2) is 0 Å². The van der Waals surface area contributed by atoms with Crippen LogP contribution in [-0.4, -0.2) is 42.7 Å². The SMILES string of the molecule is CNc1cc(N2CC3CCCNC3C2)nc(N)n1. The van der Waals surface area contributed by atoms with Crippen LogP contribution in [0.2, 0.25) is 0 Å². The van der Waals surface area contributed by atoms with Gasteiger partial charge in [0, 0.05) is 32.2 Å². The summed E-state index contributed by atoms with van der Waals surface area (Å²) >= 11 is 0. The Balaban J connectivity index is 1.81. The Bertz CT molecular complexity index is 421. The van der Waals surface area contributed by atoms with E-state index in [0.717, 1.165) is 37.2 Å². The molecule has 2 saturated heterocycles. The summed E-state index contributed by atoms with van der Waals surface area (Å²) in [5.74, 6) is 2.79. The quantitative estimate of drug-likeness (QED) is 0.698. The van der Waals surface area contributed by atoms with Crippen molar-refractivity contribution >= 4 is 17.6 Å². The molecule has 2 aliphatic rings. The first-order chi connectivity index (χ1) is 8.76. The maximum Gasteiger partial charge on any atom is 0.223 e. The number of rotatable bonds is 2. The van der Waals surface area contributed by atoms with Crippen LogP contribution in [0.5, 0.6) is 0 Å². The van der Waals surface area contributed by atoms with E-state index in [4.69, 9.17) is 5.73 Å². The molecule has 3 heterocycles. The van der Waals surface area contributed by atoms with Gasteiger partial charge in [0.05, 0.1) is 0 Å². The molecule has 2 atom stereocenters. The lowest BCUT2D eigenvalue weighted by Gasteiger charge is -2.24. The second kappa shape index (κ2) is 4.61. The second-order valence-electron chi connectivity index (χ2n) is 5.09. The van der Waals surface area contributed by atoms with E-state index in [-0.39, 0.29) is 0 Å². The third kappa shape index (κ3) is 2.08. The number of nitrogens with one attached hydrogen (secondary N) is 2. The number of anilines is 3. The highest BCUT2D eigenvalue weighted by Gasteiger charge is 2.34. The molecule has 0 saturated carbocycles. The molecule has 0 radical (unpaired) electrons. The molecule has 98 valence electrons. The minimum Gasteiger partial charge on any atom is -0.373 e. The molecule has 0 aliphatic carbocycles. The Labute approximate surface area is 107 Å². The number of hydrogen-bond acceptors (Lipinski definition) is 6. The zero-order chi connectivity index (χ0) is 12.5. The van der Waals surface area contributed by atoms with Gasteiger partial charge in [-0.2, -0.15) is 9.97 Å². The summed E-state index contributed by atoms with van der Waals surface area (Å²) in [7, 11) is 1.84. The molecule has 0 spiro atoms. The Morgan fingerprint density at radius 1 is 1.44 bits per heavy atom. The highest BCUT2D eigenvalue weighted by Crippen LogP contribution is 2.29. The van der Waals surface area contributed by atoms with E-state index in [1.54, 1.807) is 0 Å². The van der Waals surface area contributed by atoms with Crippen LogP contribution in [0.15, 0.2) is 6.07 Å². The van der Waals surface area contributed by atoms with Gasteiger partial charge in [0.1, 0.15) is 11.6 Å². The predicted octanol–water partition coefficient (Wildman–Crippen LogP) is 0.289. The number of piperidine rings is 1. The van der Waals surface area contributed by atoms with Gasteiger partial charge in [-0.3, -0.25) is 0 Å². The number of hydrogen-bond donors (Lipinski definition) is 3. The lowest BCUT2D eigenvalue weighted by atomic mass is 9.94. The molecular formula is C12H20N6. The van der Waals surface area contributed by atoms with Gasteiger partial charge in [-0.15, -0.1) is 0 Å². The number of fused-ring (bicyclic) bond motifs is 1. The van der Waals surface area contributed by atoms with E-state index in [0.29, 0.717) is 12.0 Å². The molecule has 6 nitrogen and oxygen atoms in total. The molecule has 4 N–H and O–H groups in total. The fraction of sp³-hybridized carbons (Fsp3) is 0.667. The Kier molecular flexibility index (Phi) is 2.95. The zero-order valence-electron chi connectivity index (χ0n) is 10.7. The summed E-state index contributed by atoms with van der Waals surface area (Å²) in [5, 5.41) is 6.61. The van der Waals surface area contributed by atoms with Crippen molar-refractivity contribution in [1.29, 1.82) is 0 Å². The Morgan fingerprint density at radius 2 is 2.33 bits per heavy atom. The minimum absolute atomic E-state index is 0.333. The summed E-state index contributed by atoms with van der Waals surface area (Å²) in [5.41, 5.74) is 5.74. The van der Waals surface area contributed by atoms with Crippen LogP contribution in [0.1, 0.15) is 12.8 Å². The first kappa shape index (κ1) is 11.5. The molecule has 0 aromatic carbocycles. The van der Waals surface area contributed by atoms with E-state index < -0.39 is 0 Å². The van der Waals surface area contributed by atoms with Gasteiger partial charge < -0.3 is 21.3 Å². The molecule has 2 unspecified atom stereocenters. The molecule has 18 heavy (non-hydrogen) atoms. The van der Waals surface area contributed by atoms with Gasteiger partial charge in [0.25, 0.3) is 0 Å². The van der Waals surface area contributed by atoms with E-state index >= 15 is 0 Å². The predicted molar refractivity (Wildman–Crippen MR) is 72.7 cm³/mol. The third-order valence-electron chi connectivity index (χ3n) is 3.91. The van der Waals surface area contributed by atoms with Crippen LogP contribution in [-0.2, 0) is 0 Å². The molecule has 1 aromatic heterocycles. The van der Waals surface area contributed by atoms with E-state index in [1.807, 2.05) is 13.1 Å². The monoisotopic (exact) mass is 248 g/mol.